The number of nitrogens with zero attached hydrogens (tertiary/aromatic N) is 2. The number of aliphatic hydroxyl groups is 1. The van der Waals surface area contributed by atoms with E-state index in [0.717, 1.165) is 37.3 Å². The lowest BCUT2D eigenvalue weighted by Crippen LogP contribution is -2.43. The largest absolute Gasteiger partial charge is 0.389 e. The van der Waals surface area contributed by atoms with E-state index >= 15 is 0 Å². The first kappa shape index (κ1) is 14.2. The predicted molar refractivity (Wildman–Crippen MR) is 78.5 cm³/mol. The molecule has 2 aromatic rings. The Morgan fingerprint density at radius 2 is 1.95 bits per heavy atom. The lowest BCUT2D eigenvalue weighted by Gasteiger charge is -2.32. The molecule has 0 unspecified atom stereocenters. The predicted octanol–water partition coefficient (Wildman–Crippen LogP) is 1.73. The molecule has 5 heteroatoms. The van der Waals surface area contributed by atoms with Crippen LogP contribution >= 0.6 is 0 Å². The van der Waals surface area contributed by atoms with Crippen molar-refractivity contribution in [2.75, 3.05) is 13.1 Å². The van der Waals surface area contributed by atoms with Crippen LogP contribution in [-0.2, 0) is 13.0 Å². The molecule has 21 heavy (non-hydrogen) atoms. The number of aromatic nitrogens is 2. The summed E-state index contributed by atoms with van der Waals surface area (Å²) in [6.07, 6.45) is 5.71. The lowest BCUT2D eigenvalue weighted by atomic mass is 9.89. The number of benzene rings is 1. The highest BCUT2D eigenvalue weighted by atomic mass is 19.1. The molecule has 1 aromatic carbocycles. The molecule has 0 aliphatic carbocycles. The summed E-state index contributed by atoms with van der Waals surface area (Å²) >= 11 is 0. The average Bonchev–Trinajstić information content (AvgIpc) is 2.89. The zero-order chi connectivity index (χ0) is 14.7. The lowest BCUT2D eigenvalue weighted by molar-refractivity contribution is 0.00847. The van der Waals surface area contributed by atoms with Gasteiger partial charge in [0.2, 0.25) is 0 Å². The maximum absolute atomic E-state index is 12.9. The van der Waals surface area contributed by atoms with E-state index in [9.17, 15) is 9.50 Å². The van der Waals surface area contributed by atoms with Gasteiger partial charge in [0.05, 0.1) is 5.60 Å². The van der Waals surface area contributed by atoms with Crippen molar-refractivity contribution in [1.29, 1.82) is 0 Å². The molecule has 4 nitrogen and oxygen atoms in total. The van der Waals surface area contributed by atoms with Gasteiger partial charge in [-0.15, -0.1) is 0 Å². The van der Waals surface area contributed by atoms with Crippen molar-refractivity contribution in [3.05, 3.63) is 53.9 Å². The molecule has 0 amide bonds. The smallest absolute Gasteiger partial charge is 0.123 e. The normalized spacial score (nSPS) is 17.8. The zero-order valence-corrected chi connectivity index (χ0v) is 11.9. The molecule has 3 rings (SSSR count). The molecule has 0 atom stereocenters. The first-order chi connectivity index (χ1) is 10.1. The molecule has 0 spiro atoms. The summed E-state index contributed by atoms with van der Waals surface area (Å²) in [5.41, 5.74) is 0.352. The second-order valence-corrected chi connectivity index (χ2v) is 5.75. The van der Waals surface area contributed by atoms with Gasteiger partial charge in [0.25, 0.3) is 0 Å². The average molecular weight is 289 g/mol. The van der Waals surface area contributed by atoms with Crippen LogP contribution in [0.1, 0.15) is 24.2 Å². The SMILES string of the molecule is OC1(Cc2nccn2Cc2ccc(F)cc2)CCNCC1. The van der Waals surface area contributed by atoms with Crippen molar-refractivity contribution in [2.45, 2.75) is 31.4 Å². The Bertz CT molecular complexity index is 588. The minimum Gasteiger partial charge on any atom is -0.389 e. The van der Waals surface area contributed by atoms with E-state index in [1.165, 1.54) is 12.1 Å². The highest BCUT2D eigenvalue weighted by Crippen LogP contribution is 2.23. The summed E-state index contributed by atoms with van der Waals surface area (Å²) in [5.74, 6) is 0.650. The van der Waals surface area contributed by atoms with Gasteiger partial charge in [0.1, 0.15) is 11.6 Å². The van der Waals surface area contributed by atoms with Crippen molar-refractivity contribution >= 4 is 0 Å². The summed E-state index contributed by atoms with van der Waals surface area (Å²) in [6, 6.07) is 6.48. The highest BCUT2D eigenvalue weighted by Gasteiger charge is 2.30. The van der Waals surface area contributed by atoms with Crippen LogP contribution in [0.2, 0.25) is 0 Å². The summed E-state index contributed by atoms with van der Waals surface area (Å²) in [5, 5.41) is 13.9. The third-order valence-electron chi connectivity index (χ3n) is 4.09. The van der Waals surface area contributed by atoms with E-state index in [-0.39, 0.29) is 5.82 Å². The van der Waals surface area contributed by atoms with Crippen LogP contribution in [0.4, 0.5) is 4.39 Å². The van der Waals surface area contributed by atoms with Crippen LogP contribution in [0.5, 0.6) is 0 Å². The van der Waals surface area contributed by atoms with Gasteiger partial charge in [-0.05, 0) is 43.6 Å². The second-order valence-electron chi connectivity index (χ2n) is 5.75. The molecule has 2 heterocycles. The number of halogens is 1. The molecule has 1 aliphatic heterocycles. The van der Waals surface area contributed by atoms with Gasteiger partial charge in [-0.2, -0.15) is 0 Å². The van der Waals surface area contributed by atoms with Crippen LogP contribution in [0.15, 0.2) is 36.7 Å². The maximum Gasteiger partial charge on any atom is 0.123 e. The van der Waals surface area contributed by atoms with Crippen molar-refractivity contribution in [2.24, 2.45) is 0 Å². The van der Waals surface area contributed by atoms with Crippen molar-refractivity contribution < 1.29 is 9.50 Å². The zero-order valence-electron chi connectivity index (χ0n) is 11.9. The fourth-order valence-corrected chi connectivity index (χ4v) is 2.80. The third kappa shape index (κ3) is 3.49. The first-order valence-corrected chi connectivity index (χ1v) is 7.32. The number of nitrogens with one attached hydrogen (secondary N) is 1. The molecule has 1 saturated heterocycles. The molecule has 2 N–H and O–H groups in total. The molecule has 0 saturated carbocycles. The minimum absolute atomic E-state index is 0.228. The molecule has 1 aliphatic rings. The van der Waals surface area contributed by atoms with Gasteiger partial charge < -0.3 is 15.0 Å². The molecule has 112 valence electrons. The van der Waals surface area contributed by atoms with E-state index in [2.05, 4.69) is 10.3 Å². The van der Waals surface area contributed by atoms with E-state index in [0.29, 0.717) is 13.0 Å². The van der Waals surface area contributed by atoms with E-state index < -0.39 is 5.60 Å². The molecule has 1 fully saturated rings. The van der Waals surface area contributed by atoms with Gasteiger partial charge in [0.15, 0.2) is 0 Å². The Morgan fingerprint density at radius 3 is 2.67 bits per heavy atom. The summed E-state index contributed by atoms with van der Waals surface area (Å²) < 4.78 is 15.0. The van der Waals surface area contributed by atoms with Gasteiger partial charge in [0, 0.05) is 25.4 Å². The van der Waals surface area contributed by atoms with E-state index in [1.54, 1.807) is 18.3 Å². The van der Waals surface area contributed by atoms with Gasteiger partial charge in [-0.25, -0.2) is 9.37 Å². The fourth-order valence-electron chi connectivity index (χ4n) is 2.80. The Hall–Kier alpha value is -1.72. The summed E-state index contributed by atoms with van der Waals surface area (Å²) in [6.45, 7) is 2.33. The maximum atomic E-state index is 12.9. The van der Waals surface area contributed by atoms with Crippen molar-refractivity contribution in [1.82, 2.24) is 14.9 Å². The van der Waals surface area contributed by atoms with Crippen LogP contribution < -0.4 is 5.32 Å². The number of hydrogen-bond donors (Lipinski definition) is 2. The van der Waals surface area contributed by atoms with Crippen LogP contribution in [0, 0.1) is 5.82 Å². The van der Waals surface area contributed by atoms with Crippen LogP contribution in [-0.4, -0.2) is 33.3 Å². The quantitative estimate of drug-likeness (QED) is 0.901. The number of rotatable bonds is 4. The molecule has 0 radical (unpaired) electrons. The second kappa shape index (κ2) is 5.95. The molecule has 0 bridgehead atoms. The van der Waals surface area contributed by atoms with E-state index in [1.807, 2.05) is 10.8 Å². The van der Waals surface area contributed by atoms with E-state index in [4.69, 9.17) is 0 Å². The number of imidazole rings is 1. The van der Waals surface area contributed by atoms with Gasteiger partial charge in [-0.3, -0.25) is 0 Å². The fraction of sp³-hybridized carbons (Fsp3) is 0.438. The standard InChI is InChI=1S/C16H20FN3O/c17-14-3-1-13(2-4-14)12-20-10-9-19-15(20)11-16(21)5-7-18-8-6-16/h1-4,9-10,18,21H,5-8,11-12H2. The van der Waals surface area contributed by atoms with Crippen molar-refractivity contribution in [3.63, 3.8) is 0 Å². The Balaban J connectivity index is 1.73. The molecule has 1 aromatic heterocycles. The Morgan fingerprint density at radius 1 is 1.24 bits per heavy atom. The minimum atomic E-state index is -0.669. The Labute approximate surface area is 123 Å². The number of hydrogen-bond acceptors (Lipinski definition) is 3. The Kier molecular flexibility index (Phi) is 4.03. The number of piperidine rings is 1. The highest BCUT2D eigenvalue weighted by molar-refractivity contribution is 5.17. The summed E-state index contributed by atoms with van der Waals surface area (Å²) in [4.78, 5) is 4.38. The molecular formula is C16H20FN3O. The van der Waals surface area contributed by atoms with Gasteiger partial charge in [-0.1, -0.05) is 12.1 Å². The molecular weight excluding hydrogens is 269 g/mol. The monoisotopic (exact) mass is 289 g/mol. The van der Waals surface area contributed by atoms with Gasteiger partial charge >= 0.3 is 0 Å². The van der Waals surface area contributed by atoms with Crippen LogP contribution in [0.25, 0.3) is 0 Å². The first-order valence-electron chi connectivity index (χ1n) is 7.32. The van der Waals surface area contributed by atoms with Crippen LogP contribution in [0.3, 0.4) is 0 Å². The topological polar surface area (TPSA) is 50.1 Å². The third-order valence-corrected chi connectivity index (χ3v) is 4.09. The van der Waals surface area contributed by atoms with Crippen molar-refractivity contribution in [3.8, 4) is 0 Å². The summed E-state index contributed by atoms with van der Waals surface area (Å²) in [7, 11) is 0.